The lowest BCUT2D eigenvalue weighted by atomic mass is 9.83. The Morgan fingerprint density at radius 3 is 1.24 bits per heavy atom. The first-order chi connectivity index (χ1) is 22.9. The summed E-state index contributed by atoms with van der Waals surface area (Å²) in [6.45, 7) is 0. The summed E-state index contributed by atoms with van der Waals surface area (Å²) in [6.07, 6.45) is 0. The van der Waals surface area contributed by atoms with Crippen LogP contribution in [0.1, 0.15) is 0 Å². The molecule has 10 aromatic rings. The lowest BCUT2D eigenvalue weighted by Gasteiger charge is -2.20. The third kappa shape index (κ3) is 3.50. The van der Waals surface area contributed by atoms with E-state index in [1.807, 2.05) is 0 Å². The Kier molecular flexibility index (Phi) is 5.38. The second-order valence-corrected chi connectivity index (χ2v) is 12.4. The second-order valence-electron chi connectivity index (χ2n) is 12.4. The maximum absolute atomic E-state index is 2.38. The predicted octanol–water partition coefficient (Wildman–Crippen LogP) is 13.1. The van der Waals surface area contributed by atoms with Crippen LogP contribution in [0, 0.1) is 0 Å². The minimum atomic E-state index is 1.25. The molecule has 0 heteroatoms. The van der Waals surface area contributed by atoms with Gasteiger partial charge in [-0.3, -0.25) is 0 Å². The summed E-state index contributed by atoms with van der Waals surface area (Å²) in [5.74, 6) is 0. The molecule has 212 valence electrons. The normalized spacial score (nSPS) is 11.9. The molecule has 0 aliphatic heterocycles. The molecule has 10 rings (SSSR count). The number of hydrogen-bond acceptors (Lipinski definition) is 0. The van der Waals surface area contributed by atoms with Crippen LogP contribution >= 0.6 is 0 Å². The van der Waals surface area contributed by atoms with Crippen molar-refractivity contribution >= 4 is 75.4 Å². The molecule has 46 heavy (non-hydrogen) atoms. The fourth-order valence-corrected chi connectivity index (χ4v) is 8.13. The van der Waals surface area contributed by atoms with E-state index in [4.69, 9.17) is 0 Å². The molecule has 0 unspecified atom stereocenters. The monoisotopic (exact) mass is 580 g/mol. The topological polar surface area (TPSA) is 0 Å². The van der Waals surface area contributed by atoms with Gasteiger partial charge in [0.1, 0.15) is 0 Å². The van der Waals surface area contributed by atoms with Gasteiger partial charge in [0.05, 0.1) is 0 Å². The third-order valence-corrected chi connectivity index (χ3v) is 10.0. The molecule has 0 fully saturated rings. The molecule has 0 atom stereocenters. The Hall–Kier alpha value is -5.98. The van der Waals surface area contributed by atoms with Crippen molar-refractivity contribution in [2.24, 2.45) is 0 Å². The summed E-state index contributed by atoms with van der Waals surface area (Å²) >= 11 is 0. The Morgan fingerprint density at radius 2 is 0.652 bits per heavy atom. The van der Waals surface area contributed by atoms with Crippen LogP contribution in [-0.4, -0.2) is 0 Å². The van der Waals surface area contributed by atoms with Crippen molar-refractivity contribution in [2.45, 2.75) is 0 Å². The number of benzene rings is 9. The highest BCUT2D eigenvalue weighted by atomic mass is 14.2. The van der Waals surface area contributed by atoms with Crippen LogP contribution in [0.5, 0.6) is 0 Å². The van der Waals surface area contributed by atoms with Gasteiger partial charge in [-0.05, 0) is 97.7 Å². The van der Waals surface area contributed by atoms with E-state index in [2.05, 4.69) is 170 Å². The van der Waals surface area contributed by atoms with Crippen molar-refractivity contribution in [3.05, 3.63) is 170 Å². The first-order valence-electron chi connectivity index (χ1n) is 16.0. The zero-order valence-electron chi connectivity index (χ0n) is 25.2. The number of rotatable bonds is 2. The van der Waals surface area contributed by atoms with Crippen LogP contribution in [0.3, 0.4) is 0 Å². The van der Waals surface area contributed by atoms with Crippen molar-refractivity contribution in [1.82, 2.24) is 0 Å². The Labute approximate surface area is 266 Å². The van der Waals surface area contributed by atoms with Gasteiger partial charge in [-0.1, -0.05) is 170 Å². The van der Waals surface area contributed by atoms with Crippen molar-refractivity contribution in [2.75, 3.05) is 0 Å². The Morgan fingerprint density at radius 1 is 0.217 bits per heavy atom. The molecular formula is C46H28. The number of fused-ring (bicyclic) bond motifs is 7. The summed E-state index contributed by atoms with van der Waals surface area (Å²) < 4.78 is 0. The Balaban J connectivity index is 1.46. The lowest BCUT2D eigenvalue weighted by molar-refractivity contribution is 1.67. The lowest BCUT2D eigenvalue weighted by Crippen LogP contribution is -1.92. The molecule has 0 amide bonds. The van der Waals surface area contributed by atoms with E-state index < -0.39 is 0 Å². The highest BCUT2D eigenvalue weighted by Crippen LogP contribution is 2.48. The molecule has 0 N–H and O–H groups in total. The van der Waals surface area contributed by atoms with E-state index in [1.54, 1.807) is 0 Å². The van der Waals surface area contributed by atoms with Crippen molar-refractivity contribution in [3.8, 4) is 22.3 Å². The van der Waals surface area contributed by atoms with E-state index in [0.29, 0.717) is 0 Å². The highest BCUT2D eigenvalue weighted by Gasteiger charge is 2.20. The Bertz CT molecular complexity index is 2780. The van der Waals surface area contributed by atoms with Gasteiger partial charge < -0.3 is 0 Å². The average molecular weight is 581 g/mol. The van der Waals surface area contributed by atoms with Gasteiger partial charge in [0.25, 0.3) is 0 Å². The molecule has 0 radical (unpaired) electrons. The van der Waals surface area contributed by atoms with Crippen LogP contribution in [0.25, 0.3) is 97.7 Å². The van der Waals surface area contributed by atoms with Crippen molar-refractivity contribution < 1.29 is 0 Å². The molecule has 0 saturated carbocycles. The molecule has 0 aliphatic rings. The van der Waals surface area contributed by atoms with Crippen molar-refractivity contribution in [1.29, 1.82) is 0 Å². The minimum absolute atomic E-state index is 1.25. The molecule has 0 nitrogen and oxygen atoms in total. The smallest absolute Gasteiger partial charge is 0.00141 e. The zero-order chi connectivity index (χ0) is 30.2. The largest absolute Gasteiger partial charge is 0.0622 e. The van der Waals surface area contributed by atoms with Gasteiger partial charge in [0.2, 0.25) is 0 Å². The minimum Gasteiger partial charge on any atom is -0.0622 e. The van der Waals surface area contributed by atoms with E-state index in [0.717, 1.165) is 0 Å². The van der Waals surface area contributed by atoms with Crippen LogP contribution in [0.15, 0.2) is 170 Å². The molecule has 10 aromatic carbocycles. The van der Waals surface area contributed by atoms with Crippen LogP contribution < -0.4 is 0 Å². The molecule has 0 heterocycles. The fraction of sp³-hybridized carbons (Fsp3) is 0. The second kappa shape index (κ2) is 9.76. The average Bonchev–Trinajstić information content (AvgIpc) is 3.13. The van der Waals surface area contributed by atoms with Gasteiger partial charge in [-0.25, -0.2) is 0 Å². The molecule has 0 aromatic heterocycles. The SMILES string of the molecule is c1ccc(-c2c3ccccc3c(-c3ccc4c5ccccc5c5ccccc5c5cccc6ccc3c4c65)c3ccccc23)cc1. The highest BCUT2D eigenvalue weighted by molar-refractivity contribution is 6.35. The van der Waals surface area contributed by atoms with Gasteiger partial charge in [-0.2, -0.15) is 0 Å². The molecular weight excluding hydrogens is 553 g/mol. The first kappa shape index (κ1) is 25.4. The van der Waals surface area contributed by atoms with E-state index in [9.17, 15) is 0 Å². The summed E-state index contributed by atoms with van der Waals surface area (Å²) in [7, 11) is 0. The van der Waals surface area contributed by atoms with Crippen molar-refractivity contribution in [3.63, 3.8) is 0 Å². The van der Waals surface area contributed by atoms with E-state index in [1.165, 1.54) is 97.7 Å². The van der Waals surface area contributed by atoms with E-state index in [-0.39, 0.29) is 0 Å². The van der Waals surface area contributed by atoms with Crippen LogP contribution in [-0.2, 0) is 0 Å². The number of hydrogen-bond donors (Lipinski definition) is 0. The summed E-state index contributed by atoms with van der Waals surface area (Å²) in [6, 6.07) is 62.9. The van der Waals surface area contributed by atoms with E-state index >= 15 is 0 Å². The summed E-state index contributed by atoms with van der Waals surface area (Å²) in [5, 5.41) is 18.0. The molecule has 0 aliphatic carbocycles. The maximum Gasteiger partial charge on any atom is -0.00141 e. The third-order valence-electron chi connectivity index (χ3n) is 10.0. The van der Waals surface area contributed by atoms with Crippen LogP contribution in [0.2, 0.25) is 0 Å². The molecule has 0 saturated heterocycles. The predicted molar refractivity (Wildman–Crippen MR) is 200 cm³/mol. The van der Waals surface area contributed by atoms with Gasteiger partial charge >= 0.3 is 0 Å². The zero-order valence-corrected chi connectivity index (χ0v) is 25.2. The summed E-state index contributed by atoms with van der Waals surface area (Å²) in [4.78, 5) is 0. The van der Waals surface area contributed by atoms with Gasteiger partial charge in [0.15, 0.2) is 0 Å². The fourth-order valence-electron chi connectivity index (χ4n) is 8.13. The maximum atomic E-state index is 2.38. The standard InChI is InChI=1S/C46H28/c1-2-13-29(14-3-1)43-36-20-8-10-22-38(36)45(39-23-11-9-21-37(39)43)41-28-27-40-34-19-7-5-17-32(34)31-16-4-6-18-33(31)35-24-12-15-30-25-26-42(41)46(40)44(30)35/h1-28H. The molecule has 0 spiro atoms. The molecule has 0 bridgehead atoms. The summed E-state index contributed by atoms with van der Waals surface area (Å²) in [5.41, 5.74) is 5.11. The van der Waals surface area contributed by atoms with Gasteiger partial charge in [-0.15, -0.1) is 0 Å². The van der Waals surface area contributed by atoms with Gasteiger partial charge in [0, 0.05) is 0 Å². The quantitative estimate of drug-likeness (QED) is 0.141. The first-order valence-corrected chi connectivity index (χ1v) is 16.0. The van der Waals surface area contributed by atoms with Crippen LogP contribution in [0.4, 0.5) is 0 Å².